The topological polar surface area (TPSA) is 12.0 Å². The summed E-state index contributed by atoms with van der Waals surface area (Å²) >= 11 is 23.7. The second-order valence-corrected chi connectivity index (χ2v) is 5.56. The average molecular weight is 339 g/mol. The van der Waals surface area contributed by atoms with Crippen LogP contribution in [0.5, 0.6) is 0 Å². The number of hydrogen-bond donors (Lipinski definition) is 1. The Labute approximate surface area is 130 Å². The average Bonchev–Trinajstić information content (AvgIpc) is 2.25. The predicted molar refractivity (Wildman–Crippen MR) is 80.2 cm³/mol. The van der Waals surface area contributed by atoms with Crippen LogP contribution in [0.4, 0.5) is 10.1 Å². The summed E-state index contributed by atoms with van der Waals surface area (Å²) in [6, 6.07) is 7.57. The Morgan fingerprint density at radius 1 is 0.842 bits per heavy atom. The first-order valence-electron chi connectivity index (χ1n) is 5.29. The molecule has 0 radical (unpaired) electrons. The summed E-state index contributed by atoms with van der Waals surface area (Å²) in [4.78, 5) is 0. The zero-order chi connectivity index (χ0) is 14.0. The lowest BCUT2D eigenvalue weighted by Gasteiger charge is -2.11. The molecule has 2 aromatic rings. The largest absolute Gasteiger partial charge is 0.379 e. The quantitative estimate of drug-likeness (QED) is 0.718. The molecule has 100 valence electrons. The minimum atomic E-state index is -0.480. The first kappa shape index (κ1) is 14.7. The van der Waals surface area contributed by atoms with Crippen LogP contribution >= 0.6 is 46.4 Å². The predicted octanol–water partition coefficient (Wildman–Crippen LogP) is 6.05. The van der Waals surface area contributed by atoms with Crippen LogP contribution in [0.15, 0.2) is 30.3 Å². The lowest BCUT2D eigenvalue weighted by Crippen LogP contribution is -2.01. The van der Waals surface area contributed by atoms with Gasteiger partial charge in [-0.05, 0) is 35.9 Å². The van der Waals surface area contributed by atoms with Gasteiger partial charge >= 0.3 is 0 Å². The third kappa shape index (κ3) is 3.90. The van der Waals surface area contributed by atoms with Crippen molar-refractivity contribution in [3.05, 3.63) is 61.8 Å². The molecular weight excluding hydrogens is 331 g/mol. The third-order valence-corrected chi connectivity index (χ3v) is 3.43. The second-order valence-electron chi connectivity index (χ2n) is 3.88. The summed E-state index contributed by atoms with van der Waals surface area (Å²) in [5.74, 6) is -0.480. The lowest BCUT2D eigenvalue weighted by atomic mass is 10.2. The molecule has 0 heterocycles. The number of halogens is 5. The first-order chi connectivity index (χ1) is 8.95. The summed E-state index contributed by atoms with van der Waals surface area (Å²) in [5, 5.41) is 4.56. The van der Waals surface area contributed by atoms with Crippen LogP contribution < -0.4 is 5.32 Å². The van der Waals surface area contributed by atoms with Gasteiger partial charge in [0, 0.05) is 16.6 Å². The molecule has 1 N–H and O–H groups in total. The number of hydrogen-bond acceptors (Lipinski definition) is 1. The SMILES string of the molecule is Fc1cc(Cl)c(NCc2cc(Cl)cc(Cl)c2)c(Cl)c1. The highest BCUT2D eigenvalue weighted by atomic mass is 35.5. The van der Waals surface area contributed by atoms with Crippen molar-refractivity contribution >= 4 is 52.1 Å². The van der Waals surface area contributed by atoms with Crippen LogP contribution in [0.1, 0.15) is 5.56 Å². The van der Waals surface area contributed by atoms with Crippen molar-refractivity contribution in [2.45, 2.75) is 6.54 Å². The molecule has 0 unspecified atom stereocenters. The summed E-state index contributed by atoms with van der Waals surface area (Å²) in [7, 11) is 0. The maximum Gasteiger partial charge on any atom is 0.126 e. The zero-order valence-corrected chi connectivity index (χ0v) is 12.5. The van der Waals surface area contributed by atoms with E-state index in [1.54, 1.807) is 18.2 Å². The molecule has 6 heteroatoms. The third-order valence-electron chi connectivity index (χ3n) is 2.40. The molecule has 1 nitrogen and oxygen atoms in total. The molecule has 2 aromatic carbocycles. The van der Waals surface area contributed by atoms with Crippen molar-refractivity contribution in [3.8, 4) is 0 Å². The van der Waals surface area contributed by atoms with Crippen LogP contribution in [0.3, 0.4) is 0 Å². The molecule has 0 bridgehead atoms. The molecule has 0 atom stereocenters. The Balaban J connectivity index is 2.19. The summed E-state index contributed by atoms with van der Waals surface area (Å²) in [6.45, 7) is 0.422. The lowest BCUT2D eigenvalue weighted by molar-refractivity contribution is 0.628. The van der Waals surface area contributed by atoms with Gasteiger partial charge in [-0.1, -0.05) is 46.4 Å². The number of rotatable bonds is 3. The monoisotopic (exact) mass is 337 g/mol. The number of anilines is 1. The molecule has 0 spiro atoms. The van der Waals surface area contributed by atoms with E-state index in [0.29, 0.717) is 22.3 Å². The minimum absolute atomic E-state index is 0.220. The Kier molecular flexibility index (Phi) is 4.80. The minimum Gasteiger partial charge on any atom is -0.379 e. The van der Waals surface area contributed by atoms with E-state index in [2.05, 4.69) is 5.32 Å². The fourth-order valence-electron chi connectivity index (χ4n) is 1.61. The van der Waals surface area contributed by atoms with Crippen molar-refractivity contribution in [1.82, 2.24) is 0 Å². The van der Waals surface area contributed by atoms with Gasteiger partial charge in [-0.15, -0.1) is 0 Å². The van der Waals surface area contributed by atoms with Crippen LogP contribution in [0.25, 0.3) is 0 Å². The maximum absolute atomic E-state index is 13.0. The van der Waals surface area contributed by atoms with Gasteiger partial charge in [-0.2, -0.15) is 0 Å². The molecule has 0 saturated carbocycles. The summed E-state index contributed by atoms with van der Waals surface area (Å²) in [5.41, 5.74) is 1.34. The van der Waals surface area contributed by atoms with E-state index in [-0.39, 0.29) is 10.0 Å². The van der Waals surface area contributed by atoms with Crippen LogP contribution in [-0.4, -0.2) is 0 Å². The highest BCUT2D eigenvalue weighted by Crippen LogP contribution is 2.32. The van der Waals surface area contributed by atoms with E-state index >= 15 is 0 Å². The van der Waals surface area contributed by atoms with Gasteiger partial charge in [0.2, 0.25) is 0 Å². The molecule has 0 aromatic heterocycles. The molecule has 0 aliphatic heterocycles. The summed E-state index contributed by atoms with van der Waals surface area (Å²) < 4.78 is 13.0. The fraction of sp³-hybridized carbons (Fsp3) is 0.0769. The highest BCUT2D eigenvalue weighted by Gasteiger charge is 2.08. The Morgan fingerprint density at radius 2 is 1.37 bits per heavy atom. The van der Waals surface area contributed by atoms with E-state index in [1.807, 2.05) is 0 Å². The number of nitrogens with one attached hydrogen (secondary N) is 1. The van der Waals surface area contributed by atoms with E-state index < -0.39 is 5.82 Å². The molecule has 0 fully saturated rings. The van der Waals surface area contributed by atoms with Crippen molar-refractivity contribution in [2.75, 3.05) is 5.32 Å². The Morgan fingerprint density at radius 3 is 1.89 bits per heavy atom. The fourth-order valence-corrected chi connectivity index (χ4v) is 2.78. The molecule has 2 rings (SSSR count). The zero-order valence-electron chi connectivity index (χ0n) is 9.48. The van der Waals surface area contributed by atoms with E-state index in [0.717, 1.165) is 5.56 Å². The van der Waals surface area contributed by atoms with E-state index in [9.17, 15) is 4.39 Å². The molecular formula is C13H8Cl4FN. The normalized spacial score (nSPS) is 10.6. The standard InChI is InChI=1S/C13H8Cl4FN/c14-8-1-7(2-9(15)3-8)6-19-13-11(16)4-10(18)5-12(13)17/h1-5,19H,6H2. The van der Waals surface area contributed by atoms with Gasteiger partial charge < -0.3 is 5.32 Å². The molecule has 19 heavy (non-hydrogen) atoms. The van der Waals surface area contributed by atoms with Crippen molar-refractivity contribution < 1.29 is 4.39 Å². The van der Waals surface area contributed by atoms with Crippen LogP contribution in [0, 0.1) is 5.82 Å². The molecule has 0 amide bonds. The van der Waals surface area contributed by atoms with Gasteiger partial charge in [0.15, 0.2) is 0 Å². The van der Waals surface area contributed by atoms with Crippen molar-refractivity contribution in [1.29, 1.82) is 0 Å². The highest BCUT2D eigenvalue weighted by molar-refractivity contribution is 6.39. The van der Waals surface area contributed by atoms with Crippen LogP contribution in [-0.2, 0) is 6.54 Å². The van der Waals surface area contributed by atoms with Gasteiger partial charge in [0.1, 0.15) is 5.82 Å². The summed E-state index contributed by atoms with van der Waals surface area (Å²) in [6.07, 6.45) is 0. The van der Waals surface area contributed by atoms with Gasteiger partial charge in [-0.25, -0.2) is 4.39 Å². The van der Waals surface area contributed by atoms with Crippen molar-refractivity contribution in [3.63, 3.8) is 0 Å². The van der Waals surface area contributed by atoms with E-state index in [4.69, 9.17) is 46.4 Å². The molecule has 0 aliphatic carbocycles. The van der Waals surface area contributed by atoms with Gasteiger partial charge in [0.05, 0.1) is 15.7 Å². The maximum atomic E-state index is 13.0. The Hall–Kier alpha value is -0.670. The first-order valence-corrected chi connectivity index (χ1v) is 6.80. The van der Waals surface area contributed by atoms with Gasteiger partial charge in [-0.3, -0.25) is 0 Å². The van der Waals surface area contributed by atoms with Crippen LogP contribution in [0.2, 0.25) is 20.1 Å². The second kappa shape index (κ2) is 6.19. The Bertz CT molecular complexity index is 572. The number of benzene rings is 2. The molecule has 0 aliphatic rings. The van der Waals surface area contributed by atoms with Crippen molar-refractivity contribution in [2.24, 2.45) is 0 Å². The smallest absolute Gasteiger partial charge is 0.126 e. The molecule has 0 saturated heterocycles. The van der Waals surface area contributed by atoms with E-state index in [1.165, 1.54) is 12.1 Å². The van der Waals surface area contributed by atoms with Gasteiger partial charge in [0.25, 0.3) is 0 Å².